The monoisotopic (exact) mass is 238 g/mol. The van der Waals surface area contributed by atoms with Crippen molar-refractivity contribution in [3.63, 3.8) is 0 Å². The fourth-order valence-electron chi connectivity index (χ4n) is 2.35. The van der Waals surface area contributed by atoms with Gasteiger partial charge in [0.25, 0.3) is 5.90 Å². The SMILES string of the molecule is CC(C)C1COC(C(=O)NC2CCCCC2)=N1. The van der Waals surface area contributed by atoms with E-state index in [1.54, 1.807) is 0 Å². The van der Waals surface area contributed by atoms with Gasteiger partial charge in [-0.15, -0.1) is 0 Å². The van der Waals surface area contributed by atoms with Crippen LogP contribution in [0.5, 0.6) is 0 Å². The van der Waals surface area contributed by atoms with E-state index < -0.39 is 0 Å². The Bertz CT molecular complexity index is 307. The molecule has 0 aromatic heterocycles. The zero-order valence-electron chi connectivity index (χ0n) is 10.7. The van der Waals surface area contributed by atoms with E-state index in [9.17, 15) is 4.79 Å². The van der Waals surface area contributed by atoms with Crippen molar-refractivity contribution in [3.05, 3.63) is 0 Å². The number of nitrogens with zero attached hydrogens (tertiary/aromatic N) is 1. The first-order chi connectivity index (χ1) is 8.16. The van der Waals surface area contributed by atoms with Crippen LogP contribution in [0.3, 0.4) is 0 Å². The van der Waals surface area contributed by atoms with Gasteiger partial charge in [-0.05, 0) is 18.8 Å². The lowest BCUT2D eigenvalue weighted by Crippen LogP contribution is -2.40. The van der Waals surface area contributed by atoms with Crippen molar-refractivity contribution < 1.29 is 9.53 Å². The zero-order valence-corrected chi connectivity index (χ0v) is 10.7. The predicted octanol–water partition coefficient (Wildman–Crippen LogP) is 1.89. The molecule has 1 aliphatic carbocycles. The molecule has 1 aliphatic heterocycles. The molecule has 1 amide bonds. The zero-order chi connectivity index (χ0) is 12.3. The van der Waals surface area contributed by atoms with Gasteiger partial charge < -0.3 is 10.1 Å². The molecule has 0 spiro atoms. The first kappa shape index (κ1) is 12.4. The average Bonchev–Trinajstić information content (AvgIpc) is 2.79. The summed E-state index contributed by atoms with van der Waals surface area (Å²) in [7, 11) is 0. The number of hydrogen-bond acceptors (Lipinski definition) is 3. The number of amides is 1. The highest BCUT2D eigenvalue weighted by Gasteiger charge is 2.27. The molecule has 0 radical (unpaired) electrons. The quantitative estimate of drug-likeness (QED) is 0.816. The number of rotatable bonds is 3. The summed E-state index contributed by atoms with van der Waals surface area (Å²) in [6.07, 6.45) is 5.90. The van der Waals surface area contributed by atoms with Gasteiger partial charge in [-0.2, -0.15) is 0 Å². The summed E-state index contributed by atoms with van der Waals surface area (Å²) < 4.78 is 5.37. The van der Waals surface area contributed by atoms with Crippen LogP contribution in [0.4, 0.5) is 0 Å². The van der Waals surface area contributed by atoms with Crippen LogP contribution in [0.2, 0.25) is 0 Å². The Hall–Kier alpha value is -1.06. The van der Waals surface area contributed by atoms with Crippen molar-refractivity contribution in [2.75, 3.05) is 6.61 Å². The van der Waals surface area contributed by atoms with Gasteiger partial charge in [0.2, 0.25) is 0 Å². The highest BCUT2D eigenvalue weighted by atomic mass is 16.5. The third-order valence-electron chi connectivity index (χ3n) is 3.58. The van der Waals surface area contributed by atoms with Gasteiger partial charge in [-0.1, -0.05) is 33.1 Å². The van der Waals surface area contributed by atoms with Gasteiger partial charge in [-0.25, -0.2) is 4.99 Å². The molecule has 0 saturated heterocycles. The van der Waals surface area contributed by atoms with E-state index in [-0.39, 0.29) is 17.8 Å². The molecule has 1 N–H and O–H groups in total. The predicted molar refractivity (Wildman–Crippen MR) is 67.0 cm³/mol. The maximum absolute atomic E-state index is 11.9. The fourth-order valence-corrected chi connectivity index (χ4v) is 2.35. The molecular formula is C13H22N2O2. The van der Waals surface area contributed by atoms with Crippen molar-refractivity contribution in [2.45, 2.75) is 58.0 Å². The summed E-state index contributed by atoms with van der Waals surface area (Å²) in [5.41, 5.74) is 0. The summed E-state index contributed by atoms with van der Waals surface area (Å²) in [6.45, 7) is 4.74. The van der Waals surface area contributed by atoms with Crippen LogP contribution in [0, 0.1) is 5.92 Å². The standard InChI is InChI=1S/C13H22N2O2/c1-9(2)11-8-17-13(15-11)12(16)14-10-6-4-3-5-7-10/h9-11H,3-8H2,1-2H3,(H,14,16). The summed E-state index contributed by atoms with van der Waals surface area (Å²) in [5.74, 6) is 0.587. The summed E-state index contributed by atoms with van der Waals surface area (Å²) in [4.78, 5) is 16.3. The van der Waals surface area contributed by atoms with Crippen molar-refractivity contribution in [3.8, 4) is 0 Å². The van der Waals surface area contributed by atoms with Gasteiger partial charge >= 0.3 is 5.91 Å². The molecule has 4 heteroatoms. The van der Waals surface area contributed by atoms with E-state index >= 15 is 0 Å². The average molecular weight is 238 g/mol. The van der Waals surface area contributed by atoms with Crippen molar-refractivity contribution >= 4 is 11.8 Å². The molecule has 2 rings (SSSR count). The molecule has 1 atom stereocenters. The normalized spacial score (nSPS) is 25.6. The molecule has 1 fully saturated rings. The maximum Gasteiger partial charge on any atom is 0.306 e. The first-order valence-corrected chi connectivity index (χ1v) is 6.68. The van der Waals surface area contributed by atoms with Gasteiger partial charge in [0, 0.05) is 6.04 Å². The molecule has 1 saturated carbocycles. The number of aliphatic imine (C=N–C) groups is 1. The highest BCUT2D eigenvalue weighted by Crippen LogP contribution is 2.18. The second-order valence-electron chi connectivity index (χ2n) is 5.37. The number of carbonyl (C=O) groups excluding carboxylic acids is 1. The lowest BCUT2D eigenvalue weighted by molar-refractivity contribution is -0.116. The lowest BCUT2D eigenvalue weighted by Gasteiger charge is -2.22. The van der Waals surface area contributed by atoms with Gasteiger partial charge in [0.1, 0.15) is 6.61 Å². The Morgan fingerprint density at radius 2 is 2.06 bits per heavy atom. The van der Waals surface area contributed by atoms with Gasteiger partial charge in [0.15, 0.2) is 0 Å². The van der Waals surface area contributed by atoms with Crippen molar-refractivity contribution in [1.82, 2.24) is 5.32 Å². The van der Waals surface area contributed by atoms with E-state index in [1.807, 2.05) is 0 Å². The number of nitrogens with one attached hydrogen (secondary N) is 1. The lowest BCUT2D eigenvalue weighted by atomic mass is 9.95. The van der Waals surface area contributed by atoms with Crippen molar-refractivity contribution in [1.29, 1.82) is 0 Å². The van der Waals surface area contributed by atoms with E-state index in [2.05, 4.69) is 24.2 Å². The third kappa shape index (κ3) is 3.20. The summed E-state index contributed by atoms with van der Waals surface area (Å²) in [6, 6.07) is 0.461. The van der Waals surface area contributed by atoms with E-state index in [4.69, 9.17) is 4.74 Å². The minimum absolute atomic E-state index is 0.125. The smallest absolute Gasteiger partial charge is 0.306 e. The Kier molecular flexibility index (Phi) is 4.02. The van der Waals surface area contributed by atoms with Crippen LogP contribution in [0.15, 0.2) is 4.99 Å². The van der Waals surface area contributed by atoms with Crippen LogP contribution >= 0.6 is 0 Å². The van der Waals surface area contributed by atoms with Crippen LogP contribution in [0.1, 0.15) is 46.0 Å². The minimum Gasteiger partial charge on any atom is -0.472 e. The van der Waals surface area contributed by atoms with Gasteiger partial charge in [-0.3, -0.25) is 4.79 Å². The second-order valence-corrected chi connectivity index (χ2v) is 5.37. The molecule has 0 bridgehead atoms. The fraction of sp³-hybridized carbons (Fsp3) is 0.846. The van der Waals surface area contributed by atoms with E-state index in [0.29, 0.717) is 18.6 Å². The Labute approximate surface area is 103 Å². The molecule has 17 heavy (non-hydrogen) atoms. The van der Waals surface area contributed by atoms with E-state index in [1.165, 1.54) is 19.3 Å². The molecule has 2 aliphatic rings. The second kappa shape index (κ2) is 5.52. The Morgan fingerprint density at radius 1 is 1.35 bits per heavy atom. The summed E-state index contributed by atoms with van der Waals surface area (Å²) >= 11 is 0. The van der Waals surface area contributed by atoms with Crippen LogP contribution in [-0.2, 0) is 9.53 Å². The largest absolute Gasteiger partial charge is 0.472 e. The number of hydrogen-bond donors (Lipinski definition) is 1. The first-order valence-electron chi connectivity index (χ1n) is 6.68. The number of ether oxygens (including phenoxy) is 1. The van der Waals surface area contributed by atoms with Crippen LogP contribution < -0.4 is 5.32 Å². The third-order valence-corrected chi connectivity index (χ3v) is 3.58. The highest BCUT2D eigenvalue weighted by molar-refractivity contribution is 6.35. The van der Waals surface area contributed by atoms with Crippen molar-refractivity contribution in [2.24, 2.45) is 10.9 Å². The Morgan fingerprint density at radius 3 is 2.65 bits per heavy atom. The molecule has 1 unspecified atom stereocenters. The molecule has 0 aromatic rings. The molecule has 0 aromatic carbocycles. The minimum atomic E-state index is -0.125. The molecule has 96 valence electrons. The summed E-state index contributed by atoms with van der Waals surface area (Å²) in [5, 5.41) is 3.03. The molecular weight excluding hydrogens is 216 g/mol. The number of carbonyl (C=O) groups is 1. The topological polar surface area (TPSA) is 50.7 Å². The van der Waals surface area contributed by atoms with Gasteiger partial charge in [0.05, 0.1) is 6.04 Å². The molecule has 1 heterocycles. The molecule has 4 nitrogen and oxygen atoms in total. The van der Waals surface area contributed by atoms with E-state index in [0.717, 1.165) is 12.8 Å². The van der Waals surface area contributed by atoms with Crippen LogP contribution in [0.25, 0.3) is 0 Å². The van der Waals surface area contributed by atoms with Crippen LogP contribution in [-0.4, -0.2) is 30.5 Å². The Balaban J connectivity index is 1.85. The maximum atomic E-state index is 11.9.